The first-order valence-corrected chi connectivity index (χ1v) is 14.0. The minimum Gasteiger partial charge on any atom is -0.497 e. The minimum atomic E-state index is -0.347. The van der Waals surface area contributed by atoms with Gasteiger partial charge in [-0.3, -0.25) is 14.7 Å². The molecule has 0 radical (unpaired) electrons. The van der Waals surface area contributed by atoms with E-state index in [1.54, 1.807) is 16.9 Å². The van der Waals surface area contributed by atoms with Gasteiger partial charge in [0.05, 0.1) is 30.9 Å². The number of benzene rings is 2. The molecule has 40 heavy (non-hydrogen) atoms. The number of carbonyl (C=O) groups excluding carboxylic acids is 2. The number of hydrogen-bond donors (Lipinski definition) is 1. The van der Waals surface area contributed by atoms with Crippen molar-refractivity contribution >= 4 is 29.4 Å². The number of aliphatic imine (C=N–C) groups is 1. The van der Waals surface area contributed by atoms with Gasteiger partial charge in [0.2, 0.25) is 5.91 Å². The summed E-state index contributed by atoms with van der Waals surface area (Å²) in [6.45, 7) is 6.78. The molecule has 1 aliphatic carbocycles. The molecule has 2 heterocycles. The Morgan fingerprint density at radius 2 is 2.02 bits per heavy atom. The Morgan fingerprint density at radius 3 is 2.70 bits per heavy atom. The van der Waals surface area contributed by atoms with Crippen LogP contribution in [0.5, 0.6) is 11.5 Å². The number of aryl methyl sites for hydroxylation is 1. The monoisotopic (exact) mass is 562 g/mol. The fourth-order valence-corrected chi connectivity index (χ4v) is 5.67. The van der Waals surface area contributed by atoms with Crippen LogP contribution in [-0.4, -0.2) is 66.5 Å². The van der Waals surface area contributed by atoms with Crippen LogP contribution in [0, 0.1) is 12.8 Å². The van der Waals surface area contributed by atoms with Crippen molar-refractivity contribution in [2.24, 2.45) is 10.9 Å². The average molecular weight is 563 g/mol. The number of nitrogens with zero attached hydrogens (tertiary/aromatic N) is 3. The first kappa shape index (κ1) is 27.8. The number of ether oxygens (including phenoxy) is 2. The van der Waals surface area contributed by atoms with Gasteiger partial charge in [0.25, 0.3) is 0 Å². The first-order valence-electron chi connectivity index (χ1n) is 13.6. The molecule has 3 atom stereocenters. The van der Waals surface area contributed by atoms with E-state index in [1.165, 1.54) is 0 Å². The van der Waals surface area contributed by atoms with Crippen LogP contribution in [0.2, 0.25) is 0 Å². The van der Waals surface area contributed by atoms with Gasteiger partial charge in [-0.2, -0.15) is 0 Å². The van der Waals surface area contributed by atoms with Crippen molar-refractivity contribution in [1.29, 1.82) is 0 Å². The molecule has 1 N–H and O–H groups in total. The standard InChI is InChI=1S/C31H35ClN4O4/c1-19(2)40-26-17-24(39-4)12-13-25(26)30-34-28(22-7-5-6-20(3)16-22)29(21-8-10-23(32)11-9-21)36(30)31(38)35-15-14-33-27(37)18-35/h5-8,10-13,16-17,19,21,28-29H,9,14-15,18H2,1-4H3,(H,33,37)/t21?,28-,29+/m1/s1. The molecule has 3 aliphatic rings. The summed E-state index contributed by atoms with van der Waals surface area (Å²) in [7, 11) is 1.61. The number of piperazine rings is 1. The van der Waals surface area contributed by atoms with E-state index in [-0.39, 0.29) is 42.6 Å². The Labute approximate surface area is 240 Å². The lowest BCUT2D eigenvalue weighted by molar-refractivity contribution is -0.123. The number of methoxy groups -OCH3 is 1. The number of amidine groups is 1. The average Bonchev–Trinajstić information content (AvgIpc) is 3.33. The predicted octanol–water partition coefficient (Wildman–Crippen LogP) is 5.21. The van der Waals surface area contributed by atoms with E-state index in [0.717, 1.165) is 11.1 Å². The lowest BCUT2D eigenvalue weighted by Crippen LogP contribution is -2.57. The zero-order chi connectivity index (χ0) is 28.4. The van der Waals surface area contributed by atoms with E-state index >= 15 is 0 Å². The molecule has 210 valence electrons. The number of carbonyl (C=O) groups is 2. The van der Waals surface area contributed by atoms with Crippen molar-refractivity contribution in [3.63, 3.8) is 0 Å². The number of amides is 3. The van der Waals surface area contributed by atoms with Gasteiger partial charge in [-0.15, -0.1) is 0 Å². The molecule has 2 aromatic rings. The van der Waals surface area contributed by atoms with E-state index in [9.17, 15) is 9.59 Å². The molecule has 9 heteroatoms. The van der Waals surface area contributed by atoms with Crippen molar-refractivity contribution in [3.8, 4) is 11.5 Å². The van der Waals surface area contributed by atoms with E-state index in [4.69, 9.17) is 26.1 Å². The molecule has 8 nitrogen and oxygen atoms in total. The number of halogens is 1. The highest BCUT2D eigenvalue weighted by atomic mass is 35.5. The van der Waals surface area contributed by atoms with Crippen LogP contribution < -0.4 is 14.8 Å². The number of urea groups is 1. The molecule has 2 aromatic carbocycles. The van der Waals surface area contributed by atoms with Gasteiger partial charge in [-0.05, 0) is 51.0 Å². The fraction of sp³-hybridized carbons (Fsp3) is 0.387. The molecule has 0 aromatic heterocycles. The minimum absolute atomic E-state index is 0.00531. The van der Waals surface area contributed by atoms with Gasteiger partial charge in [-0.25, -0.2) is 4.79 Å². The second kappa shape index (κ2) is 11.8. The van der Waals surface area contributed by atoms with Gasteiger partial charge in [0.1, 0.15) is 23.9 Å². The topological polar surface area (TPSA) is 83.5 Å². The number of nitrogens with one attached hydrogen (secondary N) is 1. The second-order valence-electron chi connectivity index (χ2n) is 10.6. The quantitative estimate of drug-likeness (QED) is 0.524. The Bertz CT molecular complexity index is 1390. The third-order valence-corrected chi connectivity index (χ3v) is 7.61. The van der Waals surface area contributed by atoms with Gasteiger partial charge < -0.3 is 19.7 Å². The molecule has 1 fully saturated rings. The summed E-state index contributed by atoms with van der Waals surface area (Å²) >= 11 is 6.31. The first-order chi connectivity index (χ1) is 19.2. The van der Waals surface area contributed by atoms with E-state index in [0.29, 0.717) is 47.4 Å². The largest absolute Gasteiger partial charge is 0.497 e. The molecule has 1 unspecified atom stereocenters. The molecule has 3 amide bonds. The van der Waals surface area contributed by atoms with Crippen molar-refractivity contribution in [1.82, 2.24) is 15.1 Å². The normalized spacial score (nSPS) is 22.6. The SMILES string of the molecule is COc1ccc(C2=N[C@H](c3cccc(C)c3)[C@H](C3C=CC(Cl)=CC3)N2C(=O)N2CCNC(=O)C2)c(OC(C)C)c1. The van der Waals surface area contributed by atoms with Gasteiger partial charge >= 0.3 is 6.03 Å². The maximum Gasteiger partial charge on any atom is 0.326 e. The second-order valence-corrected chi connectivity index (χ2v) is 11.0. The fourth-order valence-electron chi connectivity index (χ4n) is 5.51. The Kier molecular flexibility index (Phi) is 8.17. The van der Waals surface area contributed by atoms with Crippen LogP contribution in [0.4, 0.5) is 4.79 Å². The van der Waals surface area contributed by atoms with Crippen molar-refractivity contribution in [2.45, 2.75) is 45.4 Å². The van der Waals surface area contributed by atoms with Gasteiger partial charge in [-0.1, -0.05) is 53.6 Å². The molecule has 1 saturated heterocycles. The van der Waals surface area contributed by atoms with Crippen molar-refractivity contribution < 1.29 is 19.1 Å². The van der Waals surface area contributed by atoms with E-state index in [2.05, 4.69) is 36.5 Å². The summed E-state index contributed by atoms with van der Waals surface area (Å²) < 4.78 is 11.7. The highest BCUT2D eigenvalue weighted by Gasteiger charge is 2.47. The van der Waals surface area contributed by atoms with Crippen LogP contribution in [0.25, 0.3) is 0 Å². The lowest BCUT2D eigenvalue weighted by Gasteiger charge is -2.38. The van der Waals surface area contributed by atoms with Crippen LogP contribution in [0.15, 0.2) is 70.7 Å². The van der Waals surface area contributed by atoms with Crippen molar-refractivity contribution in [2.75, 3.05) is 26.7 Å². The highest BCUT2D eigenvalue weighted by Crippen LogP contribution is 2.43. The summed E-state index contributed by atoms with van der Waals surface area (Å²) in [6.07, 6.45) is 6.48. The Balaban J connectivity index is 1.68. The maximum atomic E-state index is 14.4. The molecule has 0 saturated carbocycles. The molecule has 2 aliphatic heterocycles. The van der Waals surface area contributed by atoms with E-state index < -0.39 is 0 Å². The van der Waals surface area contributed by atoms with Crippen LogP contribution in [0.3, 0.4) is 0 Å². The highest BCUT2D eigenvalue weighted by molar-refractivity contribution is 6.31. The third kappa shape index (κ3) is 5.72. The molecule has 0 bridgehead atoms. The van der Waals surface area contributed by atoms with Crippen LogP contribution in [0.1, 0.15) is 43.0 Å². The number of hydrogen-bond acceptors (Lipinski definition) is 5. The zero-order valence-corrected chi connectivity index (χ0v) is 24.0. The smallest absolute Gasteiger partial charge is 0.326 e. The molecular weight excluding hydrogens is 528 g/mol. The van der Waals surface area contributed by atoms with Gasteiger partial charge in [0, 0.05) is 30.1 Å². The maximum absolute atomic E-state index is 14.4. The van der Waals surface area contributed by atoms with E-state index in [1.807, 2.05) is 50.3 Å². The summed E-state index contributed by atoms with van der Waals surface area (Å²) in [4.78, 5) is 35.4. The van der Waals surface area contributed by atoms with Gasteiger partial charge in [0.15, 0.2) is 0 Å². The summed E-state index contributed by atoms with van der Waals surface area (Å²) in [5, 5.41) is 3.49. The number of rotatable bonds is 6. The Morgan fingerprint density at radius 1 is 1.20 bits per heavy atom. The lowest BCUT2D eigenvalue weighted by atomic mass is 9.84. The zero-order valence-electron chi connectivity index (χ0n) is 23.3. The summed E-state index contributed by atoms with van der Waals surface area (Å²) in [6, 6.07) is 12.9. The van der Waals surface area contributed by atoms with Crippen molar-refractivity contribution in [3.05, 3.63) is 82.4 Å². The Hall–Kier alpha value is -3.78. The molecular formula is C31H35ClN4O4. The van der Waals surface area contributed by atoms with Crippen LogP contribution >= 0.6 is 11.6 Å². The summed E-state index contributed by atoms with van der Waals surface area (Å²) in [5.74, 6) is 1.51. The summed E-state index contributed by atoms with van der Waals surface area (Å²) in [5.41, 5.74) is 2.82. The van der Waals surface area contributed by atoms with Crippen LogP contribution in [-0.2, 0) is 4.79 Å². The molecule has 5 rings (SSSR count). The third-order valence-electron chi connectivity index (χ3n) is 7.33. The predicted molar refractivity (Wildman–Crippen MR) is 156 cm³/mol. The number of allylic oxidation sites excluding steroid dienone is 3. The molecule has 0 spiro atoms.